The zero-order valence-electron chi connectivity index (χ0n) is 9.84. The van der Waals surface area contributed by atoms with Gasteiger partial charge in [-0.2, -0.15) is 0 Å². The van der Waals surface area contributed by atoms with E-state index in [2.05, 4.69) is 0 Å². The van der Waals surface area contributed by atoms with Gasteiger partial charge in [-0.05, 0) is 0 Å². The van der Waals surface area contributed by atoms with Crippen LogP contribution in [0.25, 0.3) is 0 Å². The van der Waals surface area contributed by atoms with Crippen LogP contribution >= 0.6 is 7.60 Å². The van der Waals surface area contributed by atoms with E-state index in [1.165, 1.54) is 0 Å². The fraction of sp³-hybridized carbons (Fsp3) is 0.455. The number of benzene rings is 1. The molecule has 0 fully saturated rings. The summed E-state index contributed by atoms with van der Waals surface area (Å²) in [6, 6.07) is 9.15. The van der Waals surface area contributed by atoms with Crippen molar-refractivity contribution in [1.29, 1.82) is 0 Å². The summed E-state index contributed by atoms with van der Waals surface area (Å²) >= 11 is -0.568. The molecule has 0 N–H and O–H groups in total. The fourth-order valence-corrected chi connectivity index (χ4v) is 5.69. The zero-order valence-corrected chi connectivity index (χ0v) is 12.4. The average Bonchev–Trinajstić information content (AvgIpc) is 2.31. The SMILES string of the molecule is CCOP(=O)(OCC)C(F)[Se]c1ccccc1. The third kappa shape index (κ3) is 4.53. The van der Waals surface area contributed by atoms with Crippen LogP contribution in [0.4, 0.5) is 4.39 Å². The first kappa shape index (κ1) is 14.9. The summed E-state index contributed by atoms with van der Waals surface area (Å²) in [6.07, 6.45) is 0. The third-order valence-electron chi connectivity index (χ3n) is 1.84. The van der Waals surface area contributed by atoms with Crippen LogP contribution in [0.15, 0.2) is 30.3 Å². The van der Waals surface area contributed by atoms with Gasteiger partial charge in [-0.25, -0.2) is 0 Å². The van der Waals surface area contributed by atoms with Gasteiger partial charge in [-0.15, -0.1) is 0 Å². The second kappa shape index (κ2) is 7.30. The van der Waals surface area contributed by atoms with Crippen LogP contribution in [0.5, 0.6) is 0 Å². The summed E-state index contributed by atoms with van der Waals surface area (Å²) in [6.45, 7) is 3.72. The van der Waals surface area contributed by atoms with E-state index in [-0.39, 0.29) is 13.2 Å². The second-order valence-electron chi connectivity index (χ2n) is 3.10. The van der Waals surface area contributed by atoms with Crippen molar-refractivity contribution in [2.45, 2.75) is 18.7 Å². The van der Waals surface area contributed by atoms with Gasteiger partial charge in [-0.1, -0.05) is 0 Å². The molecule has 1 aromatic carbocycles. The average molecular weight is 325 g/mol. The van der Waals surface area contributed by atoms with Gasteiger partial charge >= 0.3 is 107 Å². The van der Waals surface area contributed by atoms with Crippen LogP contribution in [0.3, 0.4) is 0 Å². The first-order valence-electron chi connectivity index (χ1n) is 5.37. The fourth-order valence-electron chi connectivity index (χ4n) is 1.19. The van der Waals surface area contributed by atoms with Gasteiger partial charge in [0.1, 0.15) is 0 Å². The number of hydrogen-bond donors (Lipinski definition) is 0. The minimum absolute atomic E-state index is 0.183. The number of alkyl halides is 1. The molecule has 6 heteroatoms. The summed E-state index contributed by atoms with van der Waals surface area (Å²) in [5.41, 5.74) is 0. The number of rotatable bonds is 7. The Bertz CT molecular complexity index is 364. The van der Waals surface area contributed by atoms with Crippen molar-refractivity contribution in [2.75, 3.05) is 13.2 Å². The quantitative estimate of drug-likeness (QED) is 0.571. The molecule has 0 heterocycles. The Labute approximate surface area is 107 Å². The molecule has 0 radical (unpaired) electrons. The molecule has 3 nitrogen and oxygen atoms in total. The first-order valence-corrected chi connectivity index (χ1v) is 8.82. The zero-order chi connectivity index (χ0) is 12.7. The van der Waals surface area contributed by atoms with E-state index in [1.807, 2.05) is 30.3 Å². The van der Waals surface area contributed by atoms with Crippen LogP contribution in [0.1, 0.15) is 13.8 Å². The maximum absolute atomic E-state index is 14.0. The van der Waals surface area contributed by atoms with Gasteiger partial charge < -0.3 is 0 Å². The first-order chi connectivity index (χ1) is 8.12. The van der Waals surface area contributed by atoms with Crippen LogP contribution < -0.4 is 4.46 Å². The molecule has 1 atom stereocenters. The number of hydrogen-bond acceptors (Lipinski definition) is 3. The van der Waals surface area contributed by atoms with Crippen LogP contribution in [-0.4, -0.2) is 33.0 Å². The second-order valence-corrected chi connectivity index (χ2v) is 8.28. The van der Waals surface area contributed by atoms with Crippen LogP contribution in [-0.2, 0) is 13.6 Å². The van der Waals surface area contributed by atoms with Crippen molar-refractivity contribution in [3.8, 4) is 0 Å². The topological polar surface area (TPSA) is 35.5 Å². The molecule has 0 aromatic heterocycles. The minimum atomic E-state index is -3.61. The predicted molar refractivity (Wildman–Crippen MR) is 67.6 cm³/mol. The van der Waals surface area contributed by atoms with Crippen molar-refractivity contribution in [3.05, 3.63) is 30.3 Å². The Kier molecular flexibility index (Phi) is 6.39. The molecule has 0 aliphatic heterocycles. The summed E-state index contributed by atoms with van der Waals surface area (Å²) in [7, 11) is -3.61. The molecule has 1 unspecified atom stereocenters. The van der Waals surface area contributed by atoms with E-state index in [0.29, 0.717) is 0 Å². The molecule has 0 aliphatic carbocycles. The molecule has 1 aromatic rings. The Hall–Kier alpha value is -0.181. The Morgan fingerprint density at radius 2 is 1.76 bits per heavy atom. The van der Waals surface area contributed by atoms with Crippen LogP contribution in [0.2, 0.25) is 0 Å². The van der Waals surface area contributed by atoms with Crippen molar-refractivity contribution >= 4 is 27.0 Å². The van der Waals surface area contributed by atoms with Crippen molar-refractivity contribution in [2.24, 2.45) is 0 Å². The van der Waals surface area contributed by atoms with Gasteiger partial charge in [0, 0.05) is 0 Å². The van der Waals surface area contributed by atoms with Gasteiger partial charge in [0.15, 0.2) is 0 Å². The van der Waals surface area contributed by atoms with Gasteiger partial charge in [0.25, 0.3) is 0 Å². The molecule has 0 aliphatic rings. The molecule has 17 heavy (non-hydrogen) atoms. The molecular formula is C11H16FO3PSe. The molecule has 96 valence electrons. The van der Waals surface area contributed by atoms with Gasteiger partial charge in [0.2, 0.25) is 0 Å². The summed E-state index contributed by atoms with van der Waals surface area (Å²) < 4.78 is 36.9. The van der Waals surface area contributed by atoms with E-state index >= 15 is 0 Å². The van der Waals surface area contributed by atoms with E-state index in [9.17, 15) is 8.96 Å². The Morgan fingerprint density at radius 3 is 2.24 bits per heavy atom. The summed E-state index contributed by atoms with van der Waals surface area (Å²) in [5, 5.41) is 0. The Morgan fingerprint density at radius 1 is 1.24 bits per heavy atom. The molecule has 0 saturated heterocycles. The summed E-state index contributed by atoms with van der Waals surface area (Å²) in [4.78, 5) is -1.56. The standard InChI is InChI=1S/C11H16FO3PSe/c1-3-14-16(13,15-4-2)11(12)17-10-8-6-5-7-9-10/h5-9,11H,3-4H2,1-2H3. The molecule has 0 amide bonds. The Balaban J connectivity index is 2.72. The molecular weight excluding hydrogens is 309 g/mol. The maximum atomic E-state index is 14.0. The molecule has 0 bridgehead atoms. The van der Waals surface area contributed by atoms with Crippen molar-refractivity contribution in [3.63, 3.8) is 0 Å². The monoisotopic (exact) mass is 326 g/mol. The van der Waals surface area contributed by atoms with Crippen molar-refractivity contribution in [1.82, 2.24) is 0 Å². The summed E-state index contributed by atoms with van der Waals surface area (Å²) in [5.74, 6) is 0. The van der Waals surface area contributed by atoms with Crippen LogP contribution in [0, 0.1) is 0 Å². The van der Waals surface area contributed by atoms with Crippen molar-refractivity contribution < 1.29 is 18.0 Å². The van der Waals surface area contributed by atoms with E-state index in [1.54, 1.807) is 13.8 Å². The normalized spacial score (nSPS) is 13.6. The number of halogens is 1. The third-order valence-corrected chi connectivity index (χ3v) is 7.30. The molecule has 1 rings (SSSR count). The van der Waals surface area contributed by atoms with Gasteiger partial charge in [-0.3, -0.25) is 0 Å². The van der Waals surface area contributed by atoms with E-state index in [0.717, 1.165) is 4.46 Å². The molecule has 0 saturated carbocycles. The molecule has 0 spiro atoms. The van der Waals surface area contributed by atoms with Gasteiger partial charge in [0.05, 0.1) is 0 Å². The predicted octanol–water partition coefficient (Wildman–Crippen LogP) is 2.54. The van der Waals surface area contributed by atoms with E-state index in [4.69, 9.17) is 9.05 Å². The van der Waals surface area contributed by atoms with E-state index < -0.39 is 27.4 Å².